The largest absolute Gasteiger partial charge is 0.328 e. The van der Waals surface area contributed by atoms with E-state index in [-0.39, 0.29) is 6.04 Å². The average molecular weight is 345 g/mol. The van der Waals surface area contributed by atoms with Crippen LogP contribution in [-0.2, 0) is 10.0 Å². The molecule has 0 radical (unpaired) electrons. The van der Waals surface area contributed by atoms with Gasteiger partial charge < -0.3 is 4.57 Å². The number of nitrogens with zero attached hydrogens (tertiary/aromatic N) is 3. The van der Waals surface area contributed by atoms with Gasteiger partial charge in [-0.3, -0.25) is 0 Å². The molecule has 6 heteroatoms. The Morgan fingerprint density at radius 2 is 1.88 bits per heavy atom. The third-order valence-corrected chi connectivity index (χ3v) is 7.18. The second-order valence-corrected chi connectivity index (χ2v) is 8.88. The summed E-state index contributed by atoms with van der Waals surface area (Å²) in [5.41, 5.74) is 1.94. The third-order valence-electron chi connectivity index (χ3n) is 5.16. The zero-order valence-corrected chi connectivity index (χ0v) is 15.0. The van der Waals surface area contributed by atoms with Gasteiger partial charge in [0, 0.05) is 30.9 Å². The van der Waals surface area contributed by atoms with Gasteiger partial charge in [0.2, 0.25) is 10.0 Å². The van der Waals surface area contributed by atoms with Gasteiger partial charge in [-0.05, 0) is 44.7 Å². The highest BCUT2D eigenvalue weighted by Crippen LogP contribution is 2.41. The van der Waals surface area contributed by atoms with Gasteiger partial charge in [0.1, 0.15) is 5.82 Å². The molecule has 1 aromatic heterocycles. The predicted octanol–water partition coefficient (Wildman–Crippen LogP) is 3.01. The molecule has 128 valence electrons. The van der Waals surface area contributed by atoms with Crippen molar-refractivity contribution in [1.29, 1.82) is 0 Å². The summed E-state index contributed by atoms with van der Waals surface area (Å²) in [5, 5.41) is 0. The number of sulfonamides is 1. The van der Waals surface area contributed by atoms with E-state index in [1.54, 1.807) is 16.4 Å². The van der Waals surface area contributed by atoms with Crippen LogP contribution in [0.3, 0.4) is 0 Å². The van der Waals surface area contributed by atoms with Crippen molar-refractivity contribution in [2.24, 2.45) is 0 Å². The Kier molecular flexibility index (Phi) is 3.77. The maximum absolute atomic E-state index is 13.0. The molecule has 1 saturated heterocycles. The maximum Gasteiger partial charge on any atom is 0.243 e. The van der Waals surface area contributed by atoms with E-state index in [1.807, 2.05) is 25.3 Å². The van der Waals surface area contributed by atoms with E-state index in [0.29, 0.717) is 23.9 Å². The van der Waals surface area contributed by atoms with Gasteiger partial charge in [-0.2, -0.15) is 4.31 Å². The summed E-state index contributed by atoms with van der Waals surface area (Å²) in [6.07, 6.45) is 5.18. The van der Waals surface area contributed by atoms with Crippen molar-refractivity contribution in [1.82, 2.24) is 13.9 Å². The number of benzene rings is 1. The summed E-state index contributed by atoms with van der Waals surface area (Å²) in [6, 6.07) is 7.42. The lowest BCUT2D eigenvalue weighted by Gasteiger charge is -2.20. The SMILES string of the molecule is Cc1ccccc1S(=O)(=O)N1CCC(n2c(C)cnc2C2CC2)C1. The fourth-order valence-corrected chi connectivity index (χ4v) is 5.43. The van der Waals surface area contributed by atoms with Crippen LogP contribution in [0.2, 0.25) is 0 Å². The first kappa shape index (κ1) is 15.8. The zero-order chi connectivity index (χ0) is 16.9. The summed E-state index contributed by atoms with van der Waals surface area (Å²) in [6.45, 7) is 5.03. The van der Waals surface area contributed by atoms with E-state index in [4.69, 9.17) is 0 Å². The van der Waals surface area contributed by atoms with E-state index < -0.39 is 10.0 Å². The number of imidazole rings is 1. The molecule has 0 N–H and O–H groups in total. The molecule has 0 spiro atoms. The van der Waals surface area contributed by atoms with Crippen molar-refractivity contribution >= 4 is 10.0 Å². The van der Waals surface area contributed by atoms with Crippen molar-refractivity contribution in [2.45, 2.75) is 50.0 Å². The molecule has 2 aliphatic rings. The van der Waals surface area contributed by atoms with Crippen molar-refractivity contribution in [3.8, 4) is 0 Å². The van der Waals surface area contributed by atoms with Crippen LogP contribution in [-0.4, -0.2) is 35.4 Å². The third kappa shape index (κ3) is 2.58. The molecule has 5 nitrogen and oxygen atoms in total. The van der Waals surface area contributed by atoms with Crippen LogP contribution in [0.4, 0.5) is 0 Å². The Morgan fingerprint density at radius 1 is 1.12 bits per heavy atom. The number of aromatic nitrogens is 2. The van der Waals surface area contributed by atoms with Crippen molar-refractivity contribution in [3.05, 3.63) is 47.5 Å². The number of rotatable bonds is 4. The molecular formula is C18H23N3O2S. The van der Waals surface area contributed by atoms with E-state index in [2.05, 4.69) is 16.5 Å². The van der Waals surface area contributed by atoms with Gasteiger partial charge in [-0.1, -0.05) is 18.2 Å². The lowest BCUT2D eigenvalue weighted by atomic mass is 10.2. The molecule has 1 saturated carbocycles. The summed E-state index contributed by atoms with van der Waals surface area (Å²) in [7, 11) is -3.42. The topological polar surface area (TPSA) is 55.2 Å². The molecule has 1 unspecified atom stereocenters. The Labute approximate surface area is 143 Å². The standard InChI is InChI=1S/C18H23N3O2S/c1-13-5-3-4-6-17(13)24(22,23)20-10-9-16(12-20)21-14(2)11-19-18(21)15-7-8-15/h3-6,11,15-16H,7-10,12H2,1-2H3. The normalized spacial score (nSPS) is 22.2. The van der Waals surface area contributed by atoms with E-state index >= 15 is 0 Å². The minimum absolute atomic E-state index is 0.196. The van der Waals surface area contributed by atoms with Gasteiger partial charge in [-0.25, -0.2) is 13.4 Å². The molecule has 4 rings (SSSR count). The van der Waals surface area contributed by atoms with Gasteiger partial charge in [0.15, 0.2) is 0 Å². The van der Waals surface area contributed by atoms with Gasteiger partial charge in [0.25, 0.3) is 0 Å². The van der Waals surface area contributed by atoms with Gasteiger partial charge in [-0.15, -0.1) is 0 Å². The number of hydrogen-bond donors (Lipinski definition) is 0. The van der Waals surface area contributed by atoms with Crippen molar-refractivity contribution in [3.63, 3.8) is 0 Å². The highest BCUT2D eigenvalue weighted by molar-refractivity contribution is 7.89. The second kappa shape index (κ2) is 5.70. The summed E-state index contributed by atoms with van der Waals surface area (Å²) < 4.78 is 29.9. The molecule has 2 fully saturated rings. The molecule has 1 aromatic carbocycles. The maximum atomic E-state index is 13.0. The Hall–Kier alpha value is -1.66. The van der Waals surface area contributed by atoms with Crippen LogP contribution >= 0.6 is 0 Å². The average Bonchev–Trinajstić information content (AvgIpc) is 3.14. The summed E-state index contributed by atoms with van der Waals surface area (Å²) >= 11 is 0. The molecule has 1 atom stereocenters. The quantitative estimate of drug-likeness (QED) is 0.856. The van der Waals surface area contributed by atoms with E-state index in [9.17, 15) is 8.42 Å². The lowest BCUT2D eigenvalue weighted by Crippen LogP contribution is -2.30. The first-order valence-corrected chi connectivity index (χ1v) is 10.0. The second-order valence-electron chi connectivity index (χ2n) is 6.97. The van der Waals surface area contributed by atoms with Crippen molar-refractivity contribution < 1.29 is 8.42 Å². The molecule has 0 bridgehead atoms. The molecular weight excluding hydrogens is 322 g/mol. The van der Waals surface area contributed by atoms with Gasteiger partial charge in [0.05, 0.1) is 10.9 Å². The Bertz CT molecular complexity index is 868. The molecule has 24 heavy (non-hydrogen) atoms. The Morgan fingerprint density at radius 3 is 2.58 bits per heavy atom. The molecule has 2 heterocycles. The van der Waals surface area contributed by atoms with Crippen LogP contribution in [0.5, 0.6) is 0 Å². The lowest BCUT2D eigenvalue weighted by molar-refractivity contribution is 0.443. The monoisotopic (exact) mass is 345 g/mol. The molecule has 1 aliphatic heterocycles. The first-order valence-electron chi connectivity index (χ1n) is 8.58. The van der Waals surface area contributed by atoms with Crippen LogP contribution in [0.15, 0.2) is 35.4 Å². The minimum atomic E-state index is -3.42. The van der Waals surface area contributed by atoms with Crippen LogP contribution < -0.4 is 0 Å². The molecule has 0 amide bonds. The van der Waals surface area contributed by atoms with Crippen LogP contribution in [0.1, 0.15) is 48.3 Å². The highest BCUT2D eigenvalue weighted by Gasteiger charge is 2.37. The number of aryl methyl sites for hydroxylation is 2. The van der Waals surface area contributed by atoms with Crippen molar-refractivity contribution in [2.75, 3.05) is 13.1 Å². The number of hydrogen-bond acceptors (Lipinski definition) is 3. The van der Waals surface area contributed by atoms with Crippen LogP contribution in [0, 0.1) is 13.8 Å². The van der Waals surface area contributed by atoms with Gasteiger partial charge >= 0.3 is 0 Å². The molecule has 2 aromatic rings. The highest BCUT2D eigenvalue weighted by atomic mass is 32.2. The molecule has 1 aliphatic carbocycles. The Balaban J connectivity index is 1.61. The zero-order valence-electron chi connectivity index (χ0n) is 14.1. The fourth-order valence-electron chi connectivity index (χ4n) is 3.71. The smallest absolute Gasteiger partial charge is 0.243 e. The first-order chi connectivity index (χ1) is 11.5. The summed E-state index contributed by atoms with van der Waals surface area (Å²) in [4.78, 5) is 5.00. The van der Waals surface area contributed by atoms with Crippen LogP contribution in [0.25, 0.3) is 0 Å². The van der Waals surface area contributed by atoms with E-state index in [1.165, 1.54) is 12.8 Å². The van der Waals surface area contributed by atoms with E-state index in [0.717, 1.165) is 23.5 Å². The minimum Gasteiger partial charge on any atom is -0.328 e. The predicted molar refractivity (Wildman–Crippen MR) is 92.5 cm³/mol. The fraction of sp³-hybridized carbons (Fsp3) is 0.500. The summed E-state index contributed by atoms with van der Waals surface area (Å²) in [5.74, 6) is 1.72.